The summed E-state index contributed by atoms with van der Waals surface area (Å²) in [5, 5.41) is 19.4. The number of pyridine rings is 2. The van der Waals surface area contributed by atoms with Gasteiger partial charge in [-0.25, -0.2) is 9.78 Å². The van der Waals surface area contributed by atoms with Crippen LogP contribution in [0.15, 0.2) is 29.1 Å². The first kappa shape index (κ1) is 20.4. The van der Waals surface area contributed by atoms with Crippen molar-refractivity contribution in [1.29, 1.82) is 5.41 Å². The normalized spacial score (nSPS) is 18.8. The topological polar surface area (TPSA) is 115 Å². The number of aliphatic hydroxyl groups is 1. The van der Waals surface area contributed by atoms with Gasteiger partial charge < -0.3 is 24.6 Å². The Morgan fingerprint density at radius 3 is 2.78 bits per heavy atom. The molecule has 2 aromatic heterocycles. The summed E-state index contributed by atoms with van der Waals surface area (Å²) in [5.74, 6) is -0.118. The van der Waals surface area contributed by atoms with Crippen LogP contribution in [0.1, 0.15) is 49.4 Å². The monoisotopic (exact) mass is 433 g/mol. The second kappa shape index (κ2) is 7.00. The Kier molecular flexibility index (Phi) is 4.46. The Balaban J connectivity index is 1.82. The quantitative estimate of drug-likeness (QED) is 0.378. The van der Waals surface area contributed by atoms with Crippen LogP contribution in [0.25, 0.3) is 22.3 Å². The number of ether oxygens (including phenoxy) is 2. The highest BCUT2D eigenvalue weighted by molar-refractivity contribution is 5.95. The van der Waals surface area contributed by atoms with Gasteiger partial charge in [-0.05, 0) is 44.0 Å². The van der Waals surface area contributed by atoms with Crippen molar-refractivity contribution in [3.63, 3.8) is 0 Å². The van der Waals surface area contributed by atoms with E-state index in [1.54, 1.807) is 23.6 Å². The number of cyclic esters (lactones) is 1. The van der Waals surface area contributed by atoms with Crippen molar-refractivity contribution in [2.24, 2.45) is 0 Å². The summed E-state index contributed by atoms with van der Waals surface area (Å²) in [4.78, 5) is 30.5. The number of aromatic nitrogens is 2. The number of nitrogens with one attached hydrogen (secondary N) is 1. The molecule has 0 aliphatic carbocycles. The first-order valence-corrected chi connectivity index (χ1v) is 10.6. The molecule has 2 N–H and O–H groups in total. The molecule has 5 rings (SSSR count). The summed E-state index contributed by atoms with van der Waals surface area (Å²) in [5.41, 5.74) is 1.69. The molecule has 0 amide bonds. The van der Waals surface area contributed by atoms with Gasteiger partial charge in [0.1, 0.15) is 12.4 Å². The van der Waals surface area contributed by atoms with Crippen molar-refractivity contribution in [3.8, 4) is 17.1 Å². The molecule has 1 atom stereocenters. The zero-order valence-corrected chi connectivity index (χ0v) is 18.1. The molecule has 0 saturated carbocycles. The van der Waals surface area contributed by atoms with Crippen molar-refractivity contribution < 1.29 is 19.4 Å². The predicted molar refractivity (Wildman–Crippen MR) is 118 cm³/mol. The Bertz CT molecular complexity index is 1370. The van der Waals surface area contributed by atoms with E-state index in [9.17, 15) is 14.7 Å². The number of hydrogen-bond acceptors (Lipinski definition) is 7. The Morgan fingerprint density at radius 2 is 2.09 bits per heavy atom. The average molecular weight is 433 g/mol. The molecule has 3 aromatic rings. The third kappa shape index (κ3) is 2.72. The van der Waals surface area contributed by atoms with Crippen LogP contribution in [0.5, 0.6) is 5.75 Å². The van der Waals surface area contributed by atoms with Gasteiger partial charge in [-0.15, -0.1) is 0 Å². The maximum atomic E-state index is 13.4. The van der Waals surface area contributed by atoms with E-state index in [2.05, 4.69) is 0 Å². The minimum absolute atomic E-state index is 0.0911. The second-order valence-electron chi connectivity index (χ2n) is 8.46. The number of carbonyl (C=O) groups is 1. The molecule has 0 spiro atoms. The minimum atomic E-state index is -1.86. The number of esters is 1. The van der Waals surface area contributed by atoms with E-state index in [4.69, 9.17) is 19.9 Å². The summed E-state index contributed by atoms with van der Waals surface area (Å²) in [6.07, 6.45) is 1.24. The standard InChI is InChI=1S/C24H23N3O5/c1-4-24(30)17-8-19-20-15(10-27(19)22(28)16(17)11-31-23(24)29)21(32-12(2)3)14-7-13(9-25)5-6-18(14)26-20/h5-9,12,25,30H,4,10-11H2,1-3H3. The van der Waals surface area contributed by atoms with Crippen molar-refractivity contribution in [3.05, 3.63) is 56.9 Å². The van der Waals surface area contributed by atoms with E-state index in [0.29, 0.717) is 22.7 Å². The highest BCUT2D eigenvalue weighted by atomic mass is 16.6. The Hall–Kier alpha value is -3.52. The van der Waals surface area contributed by atoms with Gasteiger partial charge in [0.25, 0.3) is 5.56 Å². The van der Waals surface area contributed by atoms with Crippen molar-refractivity contribution in [2.75, 3.05) is 0 Å². The number of hydrogen-bond donors (Lipinski definition) is 2. The zero-order chi connectivity index (χ0) is 22.8. The largest absolute Gasteiger partial charge is 0.490 e. The van der Waals surface area contributed by atoms with Gasteiger partial charge in [-0.1, -0.05) is 13.0 Å². The Morgan fingerprint density at radius 1 is 1.31 bits per heavy atom. The summed E-state index contributed by atoms with van der Waals surface area (Å²) in [6.45, 7) is 5.62. The van der Waals surface area contributed by atoms with E-state index in [1.807, 2.05) is 26.0 Å². The van der Waals surface area contributed by atoms with Crippen LogP contribution >= 0.6 is 0 Å². The van der Waals surface area contributed by atoms with Crippen LogP contribution in [-0.2, 0) is 28.3 Å². The average Bonchev–Trinajstić information content (AvgIpc) is 3.15. The van der Waals surface area contributed by atoms with Gasteiger partial charge in [0.15, 0.2) is 5.60 Å². The molecule has 164 valence electrons. The van der Waals surface area contributed by atoms with Crippen LogP contribution in [-0.4, -0.2) is 32.9 Å². The molecule has 0 radical (unpaired) electrons. The fourth-order valence-electron chi connectivity index (χ4n) is 4.52. The summed E-state index contributed by atoms with van der Waals surface area (Å²) >= 11 is 0. The molecule has 2 aliphatic rings. The molecule has 1 aromatic carbocycles. The first-order valence-electron chi connectivity index (χ1n) is 10.6. The molecule has 8 heteroatoms. The number of carbonyl (C=O) groups excluding carboxylic acids is 1. The number of benzene rings is 1. The van der Waals surface area contributed by atoms with Gasteiger partial charge in [0.2, 0.25) is 0 Å². The SMILES string of the molecule is CCC1(O)C(=O)OCc2c1cc1n(c2=O)Cc2c-1nc1ccc(C=N)cc1c2OC(C)C. The molecule has 8 nitrogen and oxygen atoms in total. The molecular weight excluding hydrogens is 410 g/mol. The number of fused-ring (bicyclic) bond motifs is 5. The maximum Gasteiger partial charge on any atom is 0.343 e. The predicted octanol–water partition coefficient (Wildman–Crippen LogP) is 2.86. The van der Waals surface area contributed by atoms with Crippen LogP contribution in [0.3, 0.4) is 0 Å². The van der Waals surface area contributed by atoms with Gasteiger partial charge in [-0.3, -0.25) is 4.79 Å². The fourth-order valence-corrected chi connectivity index (χ4v) is 4.52. The molecule has 0 saturated heterocycles. The fraction of sp³-hybridized carbons (Fsp3) is 0.333. The minimum Gasteiger partial charge on any atom is -0.490 e. The van der Waals surface area contributed by atoms with E-state index in [1.165, 1.54) is 6.21 Å². The lowest BCUT2D eigenvalue weighted by molar-refractivity contribution is -0.172. The zero-order valence-electron chi connectivity index (χ0n) is 18.1. The van der Waals surface area contributed by atoms with Crippen molar-refractivity contribution >= 4 is 23.1 Å². The molecular formula is C24H23N3O5. The molecule has 0 bridgehead atoms. The lowest BCUT2D eigenvalue weighted by Gasteiger charge is -2.31. The highest BCUT2D eigenvalue weighted by Crippen LogP contribution is 2.43. The molecule has 1 unspecified atom stereocenters. The third-order valence-corrected chi connectivity index (χ3v) is 6.18. The van der Waals surface area contributed by atoms with Crippen LogP contribution in [0.4, 0.5) is 0 Å². The van der Waals surface area contributed by atoms with Gasteiger partial charge in [-0.2, -0.15) is 0 Å². The smallest absolute Gasteiger partial charge is 0.343 e. The summed E-state index contributed by atoms with van der Waals surface area (Å²) < 4.78 is 12.9. The maximum absolute atomic E-state index is 13.4. The van der Waals surface area contributed by atoms with Crippen molar-refractivity contribution in [2.45, 2.75) is 52.0 Å². The van der Waals surface area contributed by atoms with Crippen LogP contribution in [0, 0.1) is 5.41 Å². The summed E-state index contributed by atoms with van der Waals surface area (Å²) in [7, 11) is 0. The molecule has 2 aliphatic heterocycles. The van der Waals surface area contributed by atoms with E-state index >= 15 is 0 Å². The highest BCUT2D eigenvalue weighted by Gasteiger charge is 2.45. The van der Waals surface area contributed by atoms with Crippen molar-refractivity contribution in [1.82, 2.24) is 9.55 Å². The third-order valence-electron chi connectivity index (χ3n) is 6.18. The van der Waals surface area contributed by atoms with Gasteiger partial charge in [0, 0.05) is 22.7 Å². The molecule has 32 heavy (non-hydrogen) atoms. The second-order valence-corrected chi connectivity index (χ2v) is 8.46. The lowest BCUT2D eigenvalue weighted by atomic mass is 9.86. The van der Waals surface area contributed by atoms with Gasteiger partial charge >= 0.3 is 5.97 Å². The van der Waals surface area contributed by atoms with Crippen LogP contribution in [0.2, 0.25) is 0 Å². The van der Waals surface area contributed by atoms with Gasteiger partial charge in [0.05, 0.1) is 35.1 Å². The van der Waals surface area contributed by atoms with E-state index in [0.717, 1.165) is 16.5 Å². The van der Waals surface area contributed by atoms with E-state index < -0.39 is 11.6 Å². The molecule has 4 heterocycles. The molecule has 0 fully saturated rings. The number of nitrogens with zero attached hydrogens (tertiary/aromatic N) is 2. The van der Waals surface area contributed by atoms with Crippen LogP contribution < -0.4 is 10.3 Å². The number of rotatable bonds is 4. The first-order chi connectivity index (χ1) is 15.3. The Labute approximate surface area is 183 Å². The van der Waals surface area contributed by atoms with E-state index in [-0.39, 0.29) is 42.4 Å². The summed E-state index contributed by atoms with van der Waals surface area (Å²) in [6, 6.07) is 7.17. The lowest BCUT2D eigenvalue weighted by Crippen LogP contribution is -2.44.